The summed E-state index contributed by atoms with van der Waals surface area (Å²) in [6.45, 7) is 3.67. The first kappa shape index (κ1) is 16.7. The first-order chi connectivity index (χ1) is 12.6. The van der Waals surface area contributed by atoms with Gasteiger partial charge in [-0.3, -0.25) is 9.69 Å². The fraction of sp³-hybridized carbons (Fsp3) is 0.227. The molecule has 1 atom stereocenters. The Morgan fingerprint density at radius 1 is 0.962 bits per heavy atom. The van der Waals surface area contributed by atoms with Crippen molar-refractivity contribution in [2.75, 3.05) is 18.0 Å². The molecule has 0 radical (unpaired) electrons. The molecular weight excluding hydrogens is 327 g/mol. The topological polar surface area (TPSA) is 23.6 Å². The fourth-order valence-electron chi connectivity index (χ4n) is 3.66. The Labute approximate surface area is 152 Å². The van der Waals surface area contributed by atoms with Crippen LogP contribution in [0.1, 0.15) is 12.5 Å². The molecular formula is C22H21FN2O. The van der Waals surface area contributed by atoms with Gasteiger partial charge in [0.2, 0.25) is 5.91 Å². The van der Waals surface area contributed by atoms with Gasteiger partial charge in [0.25, 0.3) is 0 Å². The van der Waals surface area contributed by atoms with E-state index in [1.807, 2.05) is 53.1 Å². The van der Waals surface area contributed by atoms with Gasteiger partial charge in [0.05, 0.1) is 11.7 Å². The lowest BCUT2D eigenvalue weighted by molar-refractivity contribution is -0.125. The number of amides is 1. The largest absolute Gasteiger partial charge is 0.309 e. The number of carbonyl (C=O) groups excluding carboxylic acids is 1. The molecule has 1 aliphatic rings. The van der Waals surface area contributed by atoms with Crippen LogP contribution in [0.4, 0.5) is 10.1 Å². The number of nitrogens with zero attached hydrogens (tertiary/aromatic N) is 2. The summed E-state index contributed by atoms with van der Waals surface area (Å²) in [4.78, 5) is 17.0. The molecule has 1 unspecified atom stereocenters. The lowest BCUT2D eigenvalue weighted by Crippen LogP contribution is -2.55. The molecule has 132 valence electrons. The van der Waals surface area contributed by atoms with Gasteiger partial charge in [-0.2, -0.15) is 0 Å². The maximum absolute atomic E-state index is 14.0. The van der Waals surface area contributed by atoms with E-state index in [0.29, 0.717) is 25.2 Å². The highest BCUT2D eigenvalue weighted by Crippen LogP contribution is 2.29. The smallest absolute Gasteiger partial charge is 0.244 e. The van der Waals surface area contributed by atoms with E-state index in [2.05, 4.69) is 12.1 Å². The summed E-state index contributed by atoms with van der Waals surface area (Å²) in [5.41, 5.74) is 1.58. The molecule has 4 heteroatoms. The summed E-state index contributed by atoms with van der Waals surface area (Å²) >= 11 is 0. The number of rotatable bonds is 3. The van der Waals surface area contributed by atoms with Crippen molar-refractivity contribution in [3.05, 3.63) is 78.1 Å². The molecule has 3 aromatic rings. The number of benzene rings is 3. The van der Waals surface area contributed by atoms with Crippen LogP contribution in [0.3, 0.4) is 0 Å². The summed E-state index contributed by atoms with van der Waals surface area (Å²) in [6, 6.07) is 20.6. The van der Waals surface area contributed by atoms with E-state index in [-0.39, 0.29) is 17.8 Å². The molecule has 4 rings (SSSR count). The molecule has 1 saturated heterocycles. The van der Waals surface area contributed by atoms with E-state index in [4.69, 9.17) is 0 Å². The average Bonchev–Trinajstić information content (AvgIpc) is 2.67. The van der Waals surface area contributed by atoms with Crippen LogP contribution in [0.5, 0.6) is 0 Å². The summed E-state index contributed by atoms with van der Waals surface area (Å²) < 4.78 is 14.0. The number of hydrogen-bond donors (Lipinski definition) is 0. The average molecular weight is 348 g/mol. The van der Waals surface area contributed by atoms with Crippen molar-refractivity contribution in [1.82, 2.24) is 4.90 Å². The Balaban J connectivity index is 1.59. The second-order valence-corrected chi connectivity index (χ2v) is 6.73. The van der Waals surface area contributed by atoms with E-state index < -0.39 is 0 Å². The number of carbonyl (C=O) groups is 1. The zero-order valence-corrected chi connectivity index (χ0v) is 14.7. The SMILES string of the molecule is CC1C(=O)N(c2cccc3ccccc23)CCN1Cc1ccccc1F. The highest BCUT2D eigenvalue weighted by atomic mass is 19.1. The molecule has 3 nitrogen and oxygen atoms in total. The first-order valence-corrected chi connectivity index (χ1v) is 8.92. The standard InChI is InChI=1S/C22H21FN2O/c1-16-22(26)25(21-12-6-9-17-7-2-4-10-19(17)21)14-13-24(16)15-18-8-3-5-11-20(18)23/h2-12,16H,13-15H2,1H3. The van der Waals surface area contributed by atoms with Crippen molar-refractivity contribution in [2.45, 2.75) is 19.5 Å². The predicted molar refractivity (Wildman–Crippen MR) is 103 cm³/mol. The van der Waals surface area contributed by atoms with E-state index >= 15 is 0 Å². The Morgan fingerprint density at radius 2 is 1.69 bits per heavy atom. The molecule has 0 aliphatic carbocycles. The van der Waals surface area contributed by atoms with Gasteiger partial charge in [-0.25, -0.2) is 4.39 Å². The van der Waals surface area contributed by atoms with Crippen LogP contribution in [0.2, 0.25) is 0 Å². The molecule has 1 fully saturated rings. The number of piperazine rings is 1. The van der Waals surface area contributed by atoms with Gasteiger partial charge in [-0.05, 0) is 24.4 Å². The van der Waals surface area contributed by atoms with Crippen LogP contribution >= 0.6 is 0 Å². The second kappa shape index (κ2) is 6.89. The van der Waals surface area contributed by atoms with E-state index in [9.17, 15) is 9.18 Å². The molecule has 3 aromatic carbocycles. The zero-order valence-electron chi connectivity index (χ0n) is 14.7. The van der Waals surface area contributed by atoms with Crippen LogP contribution in [0.15, 0.2) is 66.7 Å². The maximum atomic E-state index is 14.0. The molecule has 0 N–H and O–H groups in total. The van der Waals surface area contributed by atoms with Crippen LogP contribution in [0.25, 0.3) is 10.8 Å². The van der Waals surface area contributed by atoms with Crippen molar-refractivity contribution in [1.29, 1.82) is 0 Å². The summed E-state index contributed by atoms with van der Waals surface area (Å²) in [5, 5.41) is 2.21. The summed E-state index contributed by atoms with van der Waals surface area (Å²) in [5.74, 6) is -0.160. The minimum atomic E-state index is -0.290. The third kappa shape index (κ3) is 2.97. The number of halogens is 1. The van der Waals surface area contributed by atoms with Gasteiger partial charge in [-0.1, -0.05) is 54.6 Å². The van der Waals surface area contributed by atoms with Crippen LogP contribution < -0.4 is 4.90 Å². The first-order valence-electron chi connectivity index (χ1n) is 8.92. The van der Waals surface area contributed by atoms with Gasteiger partial charge in [-0.15, -0.1) is 0 Å². The lowest BCUT2D eigenvalue weighted by Gasteiger charge is -2.39. The monoisotopic (exact) mass is 348 g/mol. The Bertz CT molecular complexity index is 950. The summed E-state index contributed by atoms with van der Waals surface area (Å²) in [7, 11) is 0. The van der Waals surface area contributed by atoms with Crippen LogP contribution in [-0.2, 0) is 11.3 Å². The maximum Gasteiger partial charge on any atom is 0.244 e. The van der Waals surface area contributed by atoms with E-state index in [0.717, 1.165) is 16.5 Å². The van der Waals surface area contributed by atoms with Gasteiger partial charge in [0.15, 0.2) is 0 Å². The van der Waals surface area contributed by atoms with Gasteiger partial charge in [0, 0.05) is 30.6 Å². The molecule has 0 bridgehead atoms. The van der Waals surface area contributed by atoms with Gasteiger partial charge < -0.3 is 4.90 Å². The number of anilines is 1. The minimum absolute atomic E-state index is 0.0592. The molecule has 0 aromatic heterocycles. The highest BCUT2D eigenvalue weighted by molar-refractivity contribution is 6.05. The molecule has 1 aliphatic heterocycles. The fourth-order valence-corrected chi connectivity index (χ4v) is 3.66. The van der Waals surface area contributed by atoms with E-state index in [1.54, 1.807) is 12.1 Å². The molecule has 0 saturated carbocycles. The van der Waals surface area contributed by atoms with Crippen LogP contribution in [-0.4, -0.2) is 29.9 Å². The van der Waals surface area contributed by atoms with Crippen molar-refractivity contribution in [3.63, 3.8) is 0 Å². The van der Waals surface area contributed by atoms with Crippen LogP contribution in [0, 0.1) is 5.82 Å². The van der Waals surface area contributed by atoms with Crippen molar-refractivity contribution in [2.24, 2.45) is 0 Å². The zero-order chi connectivity index (χ0) is 18.1. The number of hydrogen-bond acceptors (Lipinski definition) is 2. The predicted octanol–water partition coefficient (Wildman–Crippen LogP) is 4.22. The van der Waals surface area contributed by atoms with Gasteiger partial charge >= 0.3 is 0 Å². The second-order valence-electron chi connectivity index (χ2n) is 6.73. The molecule has 0 spiro atoms. The Kier molecular flexibility index (Phi) is 4.43. The van der Waals surface area contributed by atoms with Crippen molar-refractivity contribution < 1.29 is 9.18 Å². The molecule has 1 amide bonds. The Morgan fingerprint density at radius 3 is 2.54 bits per heavy atom. The number of fused-ring (bicyclic) bond motifs is 1. The lowest BCUT2D eigenvalue weighted by atomic mass is 10.0. The summed E-state index contributed by atoms with van der Waals surface area (Å²) in [6.07, 6.45) is 0. The van der Waals surface area contributed by atoms with Gasteiger partial charge in [0.1, 0.15) is 5.82 Å². The molecule has 26 heavy (non-hydrogen) atoms. The third-order valence-electron chi connectivity index (χ3n) is 5.17. The van der Waals surface area contributed by atoms with E-state index in [1.165, 1.54) is 6.07 Å². The molecule has 1 heterocycles. The quantitative estimate of drug-likeness (QED) is 0.708. The third-order valence-corrected chi connectivity index (χ3v) is 5.17. The van der Waals surface area contributed by atoms with Crippen molar-refractivity contribution >= 4 is 22.4 Å². The minimum Gasteiger partial charge on any atom is -0.309 e. The van der Waals surface area contributed by atoms with Crippen molar-refractivity contribution in [3.8, 4) is 0 Å². The Hall–Kier alpha value is -2.72. The highest BCUT2D eigenvalue weighted by Gasteiger charge is 2.33. The normalized spacial score (nSPS) is 18.5.